The minimum absolute atomic E-state index is 0.658. The molecule has 0 bridgehead atoms. The molecule has 1 saturated heterocycles. The molecule has 2 nitrogen and oxygen atoms in total. The summed E-state index contributed by atoms with van der Waals surface area (Å²) in [6, 6.07) is 7.07. The van der Waals surface area contributed by atoms with Gasteiger partial charge >= 0.3 is 0 Å². The Hall–Kier alpha value is -1.02. The lowest BCUT2D eigenvalue weighted by Gasteiger charge is -2.41. The van der Waals surface area contributed by atoms with E-state index < -0.39 is 0 Å². The zero-order valence-electron chi connectivity index (χ0n) is 9.08. The molecule has 3 rings (SSSR count). The van der Waals surface area contributed by atoms with Crippen molar-refractivity contribution in [1.82, 2.24) is 4.90 Å². The van der Waals surface area contributed by atoms with Gasteiger partial charge in [-0.15, -0.1) is 0 Å². The van der Waals surface area contributed by atoms with E-state index in [9.17, 15) is 0 Å². The molecule has 2 aliphatic rings. The Bertz CT molecular complexity index is 369. The molecule has 1 aromatic rings. The van der Waals surface area contributed by atoms with Crippen LogP contribution in [0.5, 0.6) is 0 Å². The van der Waals surface area contributed by atoms with E-state index in [0.717, 1.165) is 5.69 Å². The van der Waals surface area contributed by atoms with E-state index in [0.29, 0.717) is 6.04 Å². The van der Waals surface area contributed by atoms with Crippen molar-refractivity contribution in [2.24, 2.45) is 0 Å². The Morgan fingerprint density at radius 3 is 2.80 bits per heavy atom. The maximum Gasteiger partial charge on any atom is 0.0351 e. The summed E-state index contributed by atoms with van der Waals surface area (Å²) in [5, 5.41) is 0. The quantitative estimate of drug-likeness (QED) is 0.708. The molecule has 15 heavy (non-hydrogen) atoms. The lowest BCUT2D eigenvalue weighted by Crippen LogP contribution is -2.41. The van der Waals surface area contributed by atoms with Crippen molar-refractivity contribution in [1.29, 1.82) is 0 Å². The summed E-state index contributed by atoms with van der Waals surface area (Å²) in [5.41, 5.74) is 9.96. The molecule has 1 aliphatic carbocycles. The van der Waals surface area contributed by atoms with Crippen LogP contribution in [-0.2, 0) is 6.42 Å². The minimum atomic E-state index is 0.658. The molecule has 80 valence electrons. The van der Waals surface area contributed by atoms with Crippen LogP contribution < -0.4 is 5.73 Å². The fraction of sp³-hybridized carbons (Fsp3) is 0.538. The average Bonchev–Trinajstić information content (AvgIpc) is 2.17. The number of nitrogen functional groups attached to an aromatic ring is 1. The van der Waals surface area contributed by atoms with Gasteiger partial charge in [0.05, 0.1) is 0 Å². The first-order valence-corrected chi connectivity index (χ1v) is 5.97. The van der Waals surface area contributed by atoms with Crippen molar-refractivity contribution in [2.45, 2.75) is 31.7 Å². The highest BCUT2D eigenvalue weighted by molar-refractivity contribution is 5.53. The largest absolute Gasteiger partial charge is 0.398 e. The first-order chi connectivity index (χ1) is 7.36. The molecule has 0 amide bonds. The number of nitrogens with zero attached hydrogens (tertiary/aromatic N) is 1. The van der Waals surface area contributed by atoms with E-state index in [1.54, 1.807) is 0 Å². The maximum atomic E-state index is 6.04. The van der Waals surface area contributed by atoms with E-state index in [-0.39, 0.29) is 0 Å². The molecule has 1 aromatic carbocycles. The fourth-order valence-electron chi connectivity index (χ4n) is 2.88. The molecule has 1 heterocycles. The van der Waals surface area contributed by atoms with E-state index in [1.807, 2.05) is 6.07 Å². The van der Waals surface area contributed by atoms with Crippen LogP contribution in [0, 0.1) is 0 Å². The molecule has 1 unspecified atom stereocenters. The molecule has 1 aliphatic heterocycles. The van der Waals surface area contributed by atoms with Crippen molar-refractivity contribution in [3.63, 3.8) is 0 Å². The van der Waals surface area contributed by atoms with Gasteiger partial charge in [0.1, 0.15) is 0 Å². The Labute approximate surface area is 91.1 Å². The normalized spacial score (nSPS) is 25.7. The van der Waals surface area contributed by atoms with Gasteiger partial charge in [-0.05, 0) is 56.0 Å². The molecular weight excluding hydrogens is 184 g/mol. The van der Waals surface area contributed by atoms with Crippen molar-refractivity contribution >= 4 is 5.69 Å². The van der Waals surface area contributed by atoms with Crippen molar-refractivity contribution in [2.75, 3.05) is 18.8 Å². The molecule has 0 aromatic heterocycles. The van der Waals surface area contributed by atoms with Crippen LogP contribution in [0.4, 0.5) is 5.69 Å². The third-order valence-electron chi connectivity index (χ3n) is 3.84. The van der Waals surface area contributed by atoms with Gasteiger partial charge in [-0.3, -0.25) is 4.90 Å². The summed E-state index contributed by atoms with van der Waals surface area (Å²) in [7, 11) is 0. The second kappa shape index (κ2) is 3.53. The number of rotatable bonds is 1. The zero-order valence-corrected chi connectivity index (χ0v) is 9.08. The van der Waals surface area contributed by atoms with E-state index in [2.05, 4.69) is 17.0 Å². The SMILES string of the molecule is Nc1cccc2c1CCCC2N1CCC1. The summed E-state index contributed by atoms with van der Waals surface area (Å²) in [4.78, 5) is 2.59. The first kappa shape index (κ1) is 9.22. The summed E-state index contributed by atoms with van der Waals surface area (Å²) in [6.07, 6.45) is 5.15. The zero-order chi connectivity index (χ0) is 10.3. The van der Waals surface area contributed by atoms with Gasteiger partial charge < -0.3 is 5.73 Å². The topological polar surface area (TPSA) is 29.3 Å². The third-order valence-corrected chi connectivity index (χ3v) is 3.84. The summed E-state index contributed by atoms with van der Waals surface area (Å²) >= 11 is 0. The highest BCUT2D eigenvalue weighted by Crippen LogP contribution is 2.38. The Morgan fingerprint density at radius 2 is 2.07 bits per heavy atom. The molecule has 1 atom stereocenters. The predicted molar refractivity (Wildman–Crippen MR) is 62.7 cm³/mol. The maximum absolute atomic E-state index is 6.04. The minimum Gasteiger partial charge on any atom is -0.398 e. The van der Waals surface area contributed by atoms with Gasteiger partial charge in [0.25, 0.3) is 0 Å². The smallest absolute Gasteiger partial charge is 0.0351 e. The average molecular weight is 202 g/mol. The van der Waals surface area contributed by atoms with Crippen molar-refractivity contribution in [3.05, 3.63) is 29.3 Å². The molecule has 1 fully saturated rings. The summed E-state index contributed by atoms with van der Waals surface area (Å²) in [6.45, 7) is 2.55. The molecule has 0 saturated carbocycles. The van der Waals surface area contributed by atoms with Gasteiger partial charge in [-0.25, -0.2) is 0 Å². The number of anilines is 1. The molecule has 0 radical (unpaired) electrons. The number of nitrogens with two attached hydrogens (primary N) is 1. The van der Waals surface area contributed by atoms with Gasteiger partial charge in [0.15, 0.2) is 0 Å². The number of benzene rings is 1. The third kappa shape index (κ3) is 1.44. The van der Waals surface area contributed by atoms with Crippen LogP contribution in [0.2, 0.25) is 0 Å². The number of hydrogen-bond donors (Lipinski definition) is 1. The van der Waals surface area contributed by atoms with Crippen LogP contribution in [0.25, 0.3) is 0 Å². The van der Waals surface area contributed by atoms with Gasteiger partial charge in [-0.1, -0.05) is 12.1 Å². The Morgan fingerprint density at radius 1 is 1.20 bits per heavy atom. The lowest BCUT2D eigenvalue weighted by molar-refractivity contribution is 0.105. The molecule has 0 spiro atoms. The second-order valence-corrected chi connectivity index (χ2v) is 4.71. The summed E-state index contributed by atoms with van der Waals surface area (Å²) in [5.74, 6) is 0. The Balaban J connectivity index is 1.98. The first-order valence-electron chi connectivity index (χ1n) is 5.97. The van der Waals surface area contributed by atoms with Crippen LogP contribution in [-0.4, -0.2) is 18.0 Å². The van der Waals surface area contributed by atoms with Crippen LogP contribution >= 0.6 is 0 Å². The lowest BCUT2D eigenvalue weighted by atomic mass is 9.85. The van der Waals surface area contributed by atoms with E-state index in [4.69, 9.17) is 5.73 Å². The standard InChI is InChI=1S/C13H18N2/c14-12-6-1-5-11-10(12)4-2-7-13(11)15-8-3-9-15/h1,5-6,13H,2-4,7-9,14H2. The van der Waals surface area contributed by atoms with Crippen LogP contribution in [0.1, 0.15) is 36.4 Å². The number of fused-ring (bicyclic) bond motifs is 1. The van der Waals surface area contributed by atoms with E-state index >= 15 is 0 Å². The van der Waals surface area contributed by atoms with Crippen molar-refractivity contribution < 1.29 is 0 Å². The molecule has 2 heteroatoms. The summed E-state index contributed by atoms with van der Waals surface area (Å²) < 4.78 is 0. The Kier molecular flexibility index (Phi) is 2.17. The fourth-order valence-corrected chi connectivity index (χ4v) is 2.88. The number of hydrogen-bond acceptors (Lipinski definition) is 2. The van der Waals surface area contributed by atoms with Crippen LogP contribution in [0.3, 0.4) is 0 Å². The molecule has 2 N–H and O–H groups in total. The monoisotopic (exact) mass is 202 g/mol. The van der Waals surface area contributed by atoms with Gasteiger partial charge in [0.2, 0.25) is 0 Å². The second-order valence-electron chi connectivity index (χ2n) is 4.71. The van der Waals surface area contributed by atoms with Gasteiger partial charge in [-0.2, -0.15) is 0 Å². The molecular formula is C13H18N2. The highest BCUT2D eigenvalue weighted by atomic mass is 15.2. The van der Waals surface area contributed by atoms with Crippen molar-refractivity contribution in [3.8, 4) is 0 Å². The van der Waals surface area contributed by atoms with Crippen LogP contribution in [0.15, 0.2) is 18.2 Å². The van der Waals surface area contributed by atoms with Gasteiger partial charge in [0, 0.05) is 11.7 Å². The number of likely N-dealkylation sites (tertiary alicyclic amines) is 1. The highest BCUT2D eigenvalue weighted by Gasteiger charge is 2.29. The van der Waals surface area contributed by atoms with E-state index in [1.165, 1.54) is 49.9 Å². The predicted octanol–water partition coefficient (Wildman–Crippen LogP) is 2.35.